The van der Waals surface area contributed by atoms with Gasteiger partial charge in [0.25, 0.3) is 0 Å². The first-order valence-electron chi connectivity index (χ1n) is 12.6. The smallest absolute Gasteiger partial charge is 0.0963 e. The van der Waals surface area contributed by atoms with Gasteiger partial charge in [0.05, 0.1) is 30.5 Å². The van der Waals surface area contributed by atoms with E-state index in [1.807, 2.05) is 17.2 Å². The third-order valence-corrected chi connectivity index (χ3v) is 9.35. The second-order valence-electron chi connectivity index (χ2n) is 10.8. The monoisotopic (exact) mass is 442 g/mol. The molecule has 0 aromatic carbocycles. The van der Waals surface area contributed by atoms with Gasteiger partial charge in [0.15, 0.2) is 0 Å². The normalized spacial score (nSPS) is 35.3. The number of nitrogens with zero attached hydrogens (tertiary/aromatic N) is 4. The van der Waals surface area contributed by atoms with Gasteiger partial charge in [0.2, 0.25) is 0 Å². The summed E-state index contributed by atoms with van der Waals surface area (Å²) in [7, 11) is 0. The van der Waals surface area contributed by atoms with Gasteiger partial charge < -0.3 is 4.74 Å². The molecule has 0 radical (unpaired) electrons. The molecule has 0 unspecified atom stereocenters. The molecule has 172 valence electrons. The van der Waals surface area contributed by atoms with E-state index in [9.17, 15) is 0 Å². The van der Waals surface area contributed by atoms with Crippen molar-refractivity contribution >= 4 is 11.3 Å². The van der Waals surface area contributed by atoms with Gasteiger partial charge >= 0.3 is 0 Å². The summed E-state index contributed by atoms with van der Waals surface area (Å²) in [6, 6.07) is 4.31. The fraction of sp³-hybridized carbons (Fsp3) is 0.536. The lowest BCUT2D eigenvalue weighted by molar-refractivity contribution is -0.00398. The molecule has 0 bridgehead atoms. The minimum absolute atomic E-state index is 0.144. The van der Waals surface area contributed by atoms with Gasteiger partial charge in [-0.2, -0.15) is 15.0 Å². The molecule has 2 aromatic heterocycles. The lowest BCUT2D eigenvalue weighted by Gasteiger charge is -2.57. The van der Waals surface area contributed by atoms with Crippen LogP contribution in [0, 0.1) is 28.6 Å². The topological polar surface area (TPSA) is 52.8 Å². The van der Waals surface area contributed by atoms with E-state index in [1.54, 1.807) is 12.4 Å². The van der Waals surface area contributed by atoms with Gasteiger partial charge in [0, 0.05) is 18.8 Å². The van der Waals surface area contributed by atoms with Crippen molar-refractivity contribution in [3.63, 3.8) is 0 Å². The first-order valence-corrected chi connectivity index (χ1v) is 12.6. The Morgan fingerprint density at radius 2 is 1.94 bits per heavy atom. The van der Waals surface area contributed by atoms with Gasteiger partial charge in [-0.25, -0.2) is 0 Å². The number of hydrogen-bond donors (Lipinski definition) is 0. The predicted octanol–water partition coefficient (Wildman–Crippen LogP) is 6.14. The predicted molar refractivity (Wildman–Crippen MR) is 130 cm³/mol. The van der Waals surface area contributed by atoms with Crippen molar-refractivity contribution in [2.45, 2.75) is 59.3 Å². The van der Waals surface area contributed by atoms with Crippen LogP contribution in [0.25, 0.3) is 11.3 Å². The Bertz CT molecular complexity index is 1130. The molecule has 0 saturated heterocycles. The maximum Gasteiger partial charge on any atom is 0.0963 e. The highest BCUT2D eigenvalue weighted by Gasteiger charge is 2.58. The van der Waals surface area contributed by atoms with Crippen molar-refractivity contribution in [3.05, 3.63) is 66.0 Å². The average Bonchev–Trinajstić information content (AvgIpc) is 3.47. The number of rotatable bonds is 4. The molecule has 6 rings (SSSR count). The number of hydrogen-bond acceptors (Lipinski definition) is 4. The van der Waals surface area contributed by atoms with E-state index in [0.717, 1.165) is 38.0 Å². The molecular weight excluding hydrogens is 408 g/mol. The van der Waals surface area contributed by atoms with Crippen LogP contribution in [0.5, 0.6) is 0 Å². The summed E-state index contributed by atoms with van der Waals surface area (Å²) in [4.78, 5) is 6.32. The number of ether oxygens (including phenoxy) is 1. The number of fused-ring (bicyclic) bond motifs is 5. The third-order valence-electron chi connectivity index (χ3n) is 9.35. The van der Waals surface area contributed by atoms with E-state index in [1.165, 1.54) is 35.2 Å². The zero-order valence-corrected chi connectivity index (χ0v) is 20.0. The minimum atomic E-state index is 0.144. The summed E-state index contributed by atoms with van der Waals surface area (Å²) in [6.45, 7) is 7.82. The maximum atomic E-state index is 5.99. The quantitative estimate of drug-likeness (QED) is 0.570. The van der Waals surface area contributed by atoms with Crippen LogP contribution < -0.4 is 0 Å². The highest BCUT2D eigenvalue weighted by Crippen LogP contribution is 2.67. The lowest BCUT2D eigenvalue weighted by Crippen LogP contribution is -2.49. The Balaban J connectivity index is 1.43. The van der Waals surface area contributed by atoms with E-state index in [4.69, 9.17) is 4.74 Å². The largest absolute Gasteiger partial charge is 0.498 e. The van der Waals surface area contributed by atoms with Crippen LogP contribution in [0.15, 0.2) is 60.4 Å². The molecule has 4 aliphatic rings. The second-order valence-corrected chi connectivity index (χ2v) is 10.8. The van der Waals surface area contributed by atoms with E-state index in [2.05, 4.69) is 60.2 Å². The van der Waals surface area contributed by atoms with Gasteiger partial charge in [0.1, 0.15) is 0 Å². The Labute approximate surface area is 196 Å². The molecule has 33 heavy (non-hydrogen) atoms. The van der Waals surface area contributed by atoms with Crippen LogP contribution in [-0.4, -0.2) is 26.6 Å². The fourth-order valence-electron chi connectivity index (χ4n) is 7.79. The Hall–Kier alpha value is -2.69. The van der Waals surface area contributed by atoms with Gasteiger partial charge in [-0.1, -0.05) is 26.0 Å². The molecule has 0 aliphatic heterocycles. The Kier molecular flexibility index (Phi) is 4.86. The van der Waals surface area contributed by atoms with Crippen LogP contribution in [-0.2, 0) is 4.74 Å². The van der Waals surface area contributed by atoms with Crippen LogP contribution in [0.4, 0.5) is 0 Å². The maximum absolute atomic E-state index is 5.99. The third kappa shape index (κ3) is 3.08. The van der Waals surface area contributed by atoms with Crippen LogP contribution >= 0.6 is 0 Å². The van der Waals surface area contributed by atoms with Crippen LogP contribution in [0.2, 0.25) is 0 Å². The van der Waals surface area contributed by atoms with Crippen molar-refractivity contribution in [2.75, 3.05) is 6.61 Å². The summed E-state index contributed by atoms with van der Waals surface area (Å²) >= 11 is 0. The summed E-state index contributed by atoms with van der Waals surface area (Å²) in [5, 5.41) is 9.18. The molecule has 5 heteroatoms. The molecule has 1 fully saturated rings. The van der Waals surface area contributed by atoms with Crippen molar-refractivity contribution < 1.29 is 4.74 Å². The number of aromatic nitrogens is 4. The molecule has 0 amide bonds. The standard InChI is InChI=1S/C28H34N4O/c1-4-33-20-9-11-28(3)24-10-12-27(2)22(19-6-5-13-29-18-19)7-8-23(27)21(24)17-26(25(28)16-20)32-30-14-15-31-32/h5-7,13-16,18,21,23-24H,4,8-12,17H2,1-3H3/t21-,23-,24-,27+,28+/m0/s1. The summed E-state index contributed by atoms with van der Waals surface area (Å²) < 4.78 is 5.99. The molecule has 4 aliphatic carbocycles. The molecule has 0 N–H and O–H groups in total. The minimum Gasteiger partial charge on any atom is -0.498 e. The molecule has 1 saturated carbocycles. The summed E-state index contributed by atoms with van der Waals surface area (Å²) in [6.07, 6.45) is 19.3. The molecule has 2 aromatic rings. The fourth-order valence-corrected chi connectivity index (χ4v) is 7.79. The zero-order valence-electron chi connectivity index (χ0n) is 20.0. The van der Waals surface area contributed by atoms with Crippen LogP contribution in [0.3, 0.4) is 0 Å². The first kappa shape index (κ1) is 20.9. The van der Waals surface area contributed by atoms with Crippen molar-refractivity contribution in [2.24, 2.45) is 28.6 Å². The zero-order chi connectivity index (χ0) is 22.6. The van der Waals surface area contributed by atoms with Gasteiger partial charge in [-0.3, -0.25) is 4.98 Å². The second kappa shape index (κ2) is 7.68. The van der Waals surface area contributed by atoms with Crippen molar-refractivity contribution in [1.82, 2.24) is 20.0 Å². The molecule has 5 nitrogen and oxygen atoms in total. The number of pyridine rings is 1. The molecule has 5 atom stereocenters. The first-order chi connectivity index (χ1) is 16.0. The molecular formula is C28H34N4O. The lowest BCUT2D eigenvalue weighted by atomic mass is 9.47. The van der Waals surface area contributed by atoms with E-state index < -0.39 is 0 Å². The average molecular weight is 443 g/mol. The summed E-state index contributed by atoms with van der Waals surface area (Å²) in [5.74, 6) is 3.08. The SMILES string of the molecule is CCOC1=CC2=C(n3nccn3)C[C@@H]3[C@H](CC[C@]4(C)C(c5cccnc5)=CC[C@@H]34)[C@@]2(C)CC1. The van der Waals surface area contributed by atoms with E-state index in [0.29, 0.717) is 17.8 Å². The van der Waals surface area contributed by atoms with Crippen LogP contribution in [0.1, 0.15) is 64.9 Å². The van der Waals surface area contributed by atoms with Gasteiger partial charge in [-0.05, 0) is 96.5 Å². The molecule has 0 spiro atoms. The Morgan fingerprint density at radius 1 is 1.09 bits per heavy atom. The Morgan fingerprint density at radius 3 is 2.70 bits per heavy atom. The highest BCUT2D eigenvalue weighted by molar-refractivity contribution is 5.73. The van der Waals surface area contributed by atoms with E-state index >= 15 is 0 Å². The van der Waals surface area contributed by atoms with E-state index in [-0.39, 0.29) is 10.8 Å². The van der Waals surface area contributed by atoms with Crippen molar-refractivity contribution in [3.8, 4) is 0 Å². The van der Waals surface area contributed by atoms with Gasteiger partial charge in [-0.15, -0.1) is 0 Å². The summed E-state index contributed by atoms with van der Waals surface area (Å²) in [5.41, 5.74) is 5.86. The molecule has 2 heterocycles. The number of allylic oxidation sites excluding steroid dienone is 6. The highest BCUT2D eigenvalue weighted by atomic mass is 16.5. The van der Waals surface area contributed by atoms with Crippen molar-refractivity contribution in [1.29, 1.82) is 0 Å².